The molecule has 0 fully saturated rings. The third-order valence-corrected chi connectivity index (χ3v) is 2.60. The van der Waals surface area contributed by atoms with E-state index in [2.05, 4.69) is 9.97 Å². The number of aromatic nitrogens is 3. The van der Waals surface area contributed by atoms with Crippen molar-refractivity contribution in [2.75, 3.05) is 0 Å². The summed E-state index contributed by atoms with van der Waals surface area (Å²) in [5.41, 5.74) is 1.69. The van der Waals surface area contributed by atoms with Crippen LogP contribution >= 0.6 is 11.6 Å². The summed E-state index contributed by atoms with van der Waals surface area (Å²) in [5, 5.41) is 18.5. The zero-order chi connectivity index (χ0) is 11.9. The number of aromatic hydroxyl groups is 1. The number of halogens is 1. The van der Waals surface area contributed by atoms with Crippen molar-refractivity contribution in [3.63, 3.8) is 0 Å². The molecule has 2 rings (SSSR count). The van der Waals surface area contributed by atoms with Crippen LogP contribution in [0.1, 0.15) is 29.3 Å². The van der Waals surface area contributed by atoms with Crippen molar-refractivity contribution in [3.05, 3.63) is 23.3 Å². The van der Waals surface area contributed by atoms with Crippen LogP contribution in [0.15, 0.2) is 6.33 Å². The van der Waals surface area contributed by atoms with Gasteiger partial charge in [0.1, 0.15) is 12.4 Å². The van der Waals surface area contributed by atoms with Crippen molar-refractivity contribution in [2.45, 2.75) is 19.2 Å². The van der Waals surface area contributed by atoms with E-state index in [9.17, 15) is 5.11 Å². The van der Waals surface area contributed by atoms with Gasteiger partial charge in [-0.3, -0.25) is 4.40 Å². The first kappa shape index (κ1) is 10.7. The van der Waals surface area contributed by atoms with E-state index in [1.165, 1.54) is 10.7 Å². The molecule has 0 aromatic carbocycles. The molecule has 0 aliphatic carbocycles. The van der Waals surface area contributed by atoms with Gasteiger partial charge in [0.25, 0.3) is 0 Å². The predicted molar refractivity (Wildman–Crippen MR) is 58.4 cm³/mol. The third kappa shape index (κ3) is 1.39. The van der Waals surface area contributed by atoms with Crippen LogP contribution in [0, 0.1) is 18.3 Å². The molecular formula is C10H9ClN4O. The first-order valence-corrected chi connectivity index (χ1v) is 5.10. The number of hydrogen-bond donors (Lipinski definition) is 1. The number of fused-ring (bicyclic) bond motifs is 1. The molecule has 0 spiro atoms. The molecule has 2 aromatic heterocycles. The normalized spacial score (nSPS) is 12.6. The molecule has 1 atom stereocenters. The van der Waals surface area contributed by atoms with Gasteiger partial charge in [-0.05, 0) is 13.8 Å². The Morgan fingerprint density at radius 2 is 2.31 bits per heavy atom. The number of nitriles is 1. The maximum Gasteiger partial charge on any atom is 0.204 e. The molecule has 0 aliphatic heterocycles. The Morgan fingerprint density at radius 3 is 2.88 bits per heavy atom. The van der Waals surface area contributed by atoms with Gasteiger partial charge in [-0.25, -0.2) is 9.97 Å². The highest BCUT2D eigenvalue weighted by Gasteiger charge is 2.18. The molecule has 16 heavy (non-hydrogen) atoms. The van der Waals surface area contributed by atoms with Crippen LogP contribution in [0.3, 0.4) is 0 Å². The predicted octanol–water partition coefficient (Wildman–Crippen LogP) is 1.91. The first-order chi connectivity index (χ1) is 7.56. The molecule has 0 amide bonds. The first-order valence-electron chi connectivity index (χ1n) is 4.67. The van der Waals surface area contributed by atoms with Crippen molar-refractivity contribution in [2.24, 2.45) is 0 Å². The van der Waals surface area contributed by atoms with E-state index in [1.807, 2.05) is 6.07 Å². The summed E-state index contributed by atoms with van der Waals surface area (Å²) < 4.78 is 1.36. The monoisotopic (exact) mass is 236 g/mol. The highest BCUT2D eigenvalue weighted by atomic mass is 35.5. The molecule has 6 heteroatoms. The molecule has 0 saturated carbocycles. The maximum absolute atomic E-state index is 10.00. The fourth-order valence-corrected chi connectivity index (χ4v) is 1.91. The molecule has 0 bridgehead atoms. The molecule has 1 N–H and O–H groups in total. The zero-order valence-electron chi connectivity index (χ0n) is 8.77. The maximum atomic E-state index is 10.00. The number of nitrogens with zero attached hydrogens (tertiary/aromatic N) is 4. The summed E-state index contributed by atoms with van der Waals surface area (Å²) in [6.07, 6.45) is 1.36. The van der Waals surface area contributed by atoms with Crippen molar-refractivity contribution in [1.82, 2.24) is 14.4 Å². The van der Waals surface area contributed by atoms with Crippen molar-refractivity contribution in [3.8, 4) is 11.9 Å². The van der Waals surface area contributed by atoms with E-state index in [0.717, 1.165) is 0 Å². The second-order valence-corrected chi connectivity index (χ2v) is 4.10. The van der Waals surface area contributed by atoms with E-state index in [1.54, 1.807) is 13.8 Å². The standard InChI is InChI=1S/C10H9ClN4O/c1-5(11)8-6(2)14-9-7(3-12)13-4-15(9)10(8)16/h4-5,16H,1-2H3. The van der Waals surface area contributed by atoms with Gasteiger partial charge in [-0.1, -0.05) is 0 Å². The molecule has 2 aromatic rings. The van der Waals surface area contributed by atoms with Crippen molar-refractivity contribution >= 4 is 17.2 Å². The summed E-state index contributed by atoms with van der Waals surface area (Å²) in [6, 6.07) is 1.91. The van der Waals surface area contributed by atoms with E-state index < -0.39 is 0 Å². The van der Waals surface area contributed by atoms with E-state index in [0.29, 0.717) is 16.9 Å². The quantitative estimate of drug-likeness (QED) is 0.768. The summed E-state index contributed by atoms with van der Waals surface area (Å²) in [4.78, 5) is 8.07. The van der Waals surface area contributed by atoms with E-state index >= 15 is 0 Å². The molecular weight excluding hydrogens is 228 g/mol. The Balaban J connectivity index is 2.86. The van der Waals surface area contributed by atoms with Crippen molar-refractivity contribution in [1.29, 1.82) is 5.26 Å². The fraction of sp³-hybridized carbons (Fsp3) is 0.300. The topological polar surface area (TPSA) is 74.2 Å². The van der Waals surface area contributed by atoms with Gasteiger partial charge < -0.3 is 5.11 Å². The minimum atomic E-state index is -0.357. The van der Waals surface area contributed by atoms with Crippen LogP contribution in [-0.2, 0) is 0 Å². The van der Waals surface area contributed by atoms with Crippen LogP contribution in [0.4, 0.5) is 0 Å². The van der Waals surface area contributed by atoms with Crippen LogP contribution in [0.2, 0.25) is 0 Å². The Hall–Kier alpha value is -1.80. The Labute approximate surface area is 96.9 Å². The fourth-order valence-electron chi connectivity index (χ4n) is 1.66. The van der Waals surface area contributed by atoms with Gasteiger partial charge in [-0.2, -0.15) is 5.26 Å². The molecule has 0 radical (unpaired) electrons. The number of rotatable bonds is 1. The molecule has 82 valence electrons. The lowest BCUT2D eigenvalue weighted by atomic mass is 10.2. The van der Waals surface area contributed by atoms with Crippen LogP contribution in [-0.4, -0.2) is 19.5 Å². The number of aryl methyl sites for hydroxylation is 1. The Bertz CT molecular complexity index is 597. The zero-order valence-corrected chi connectivity index (χ0v) is 9.52. The van der Waals surface area contributed by atoms with Crippen LogP contribution < -0.4 is 0 Å². The molecule has 0 saturated heterocycles. The molecule has 0 aliphatic rings. The SMILES string of the molecule is Cc1nc2c(C#N)ncn2c(O)c1C(C)Cl. The Morgan fingerprint density at radius 1 is 1.62 bits per heavy atom. The highest BCUT2D eigenvalue weighted by Crippen LogP contribution is 2.31. The van der Waals surface area contributed by atoms with Gasteiger partial charge in [0.2, 0.25) is 5.88 Å². The third-order valence-electron chi connectivity index (χ3n) is 2.38. The van der Waals surface area contributed by atoms with Crippen LogP contribution in [0.5, 0.6) is 5.88 Å². The second kappa shape index (κ2) is 3.65. The van der Waals surface area contributed by atoms with E-state index in [4.69, 9.17) is 16.9 Å². The van der Waals surface area contributed by atoms with Gasteiger partial charge in [0.05, 0.1) is 10.9 Å². The lowest BCUT2D eigenvalue weighted by molar-refractivity contribution is 0.436. The smallest absolute Gasteiger partial charge is 0.204 e. The Kier molecular flexibility index (Phi) is 2.44. The van der Waals surface area contributed by atoms with Gasteiger partial charge in [0, 0.05) is 5.69 Å². The molecule has 1 unspecified atom stereocenters. The minimum Gasteiger partial charge on any atom is -0.494 e. The van der Waals surface area contributed by atoms with Crippen molar-refractivity contribution < 1.29 is 5.11 Å². The lowest BCUT2D eigenvalue weighted by Gasteiger charge is -2.11. The summed E-state index contributed by atoms with van der Waals surface area (Å²) in [7, 11) is 0. The second-order valence-electron chi connectivity index (χ2n) is 3.45. The van der Waals surface area contributed by atoms with Crippen LogP contribution in [0.25, 0.3) is 5.65 Å². The minimum absolute atomic E-state index is 0.0148. The summed E-state index contributed by atoms with van der Waals surface area (Å²) in [5.74, 6) is -0.0148. The lowest BCUT2D eigenvalue weighted by Crippen LogP contribution is -2.00. The van der Waals surface area contributed by atoms with Gasteiger partial charge in [0.15, 0.2) is 11.3 Å². The van der Waals surface area contributed by atoms with E-state index in [-0.39, 0.29) is 17.0 Å². The number of imidazole rings is 1. The summed E-state index contributed by atoms with van der Waals surface area (Å²) >= 11 is 5.96. The number of hydrogen-bond acceptors (Lipinski definition) is 4. The largest absolute Gasteiger partial charge is 0.494 e. The number of alkyl halides is 1. The molecule has 5 nitrogen and oxygen atoms in total. The molecule has 2 heterocycles. The van der Waals surface area contributed by atoms with Gasteiger partial charge >= 0.3 is 0 Å². The van der Waals surface area contributed by atoms with Gasteiger partial charge in [-0.15, -0.1) is 11.6 Å². The highest BCUT2D eigenvalue weighted by molar-refractivity contribution is 6.20. The average molecular weight is 237 g/mol. The summed E-state index contributed by atoms with van der Waals surface area (Å²) in [6.45, 7) is 3.49. The average Bonchev–Trinajstić information content (AvgIpc) is 2.60.